The zero-order valence-electron chi connectivity index (χ0n) is 16.5. The van der Waals surface area contributed by atoms with Gasteiger partial charge >= 0.3 is 12.1 Å². The number of hydrogen-bond acceptors (Lipinski definition) is 5. The number of likely N-dealkylation sites (tertiary alicyclic amines) is 1. The van der Waals surface area contributed by atoms with Crippen LogP contribution >= 0.6 is 0 Å². The summed E-state index contributed by atoms with van der Waals surface area (Å²) in [6.07, 6.45) is 2.90. The van der Waals surface area contributed by atoms with Crippen molar-refractivity contribution in [2.75, 3.05) is 26.0 Å². The van der Waals surface area contributed by atoms with Gasteiger partial charge in [-0.3, -0.25) is 4.21 Å². The van der Waals surface area contributed by atoms with E-state index >= 15 is 0 Å². The van der Waals surface area contributed by atoms with Crippen molar-refractivity contribution < 1.29 is 23.3 Å². The molecule has 1 atom stereocenters. The Bertz CT molecular complexity index is 690. The van der Waals surface area contributed by atoms with Crippen LogP contribution < -0.4 is 0 Å². The summed E-state index contributed by atoms with van der Waals surface area (Å²) in [5.74, 6) is 0.289. The van der Waals surface area contributed by atoms with Crippen LogP contribution in [0.3, 0.4) is 0 Å². The summed E-state index contributed by atoms with van der Waals surface area (Å²) in [4.78, 5) is 26.1. The number of hydrogen-bond donors (Lipinski definition) is 0. The van der Waals surface area contributed by atoms with Crippen LogP contribution in [0.5, 0.6) is 0 Å². The highest BCUT2D eigenvalue weighted by molar-refractivity contribution is 7.83. The van der Waals surface area contributed by atoms with Crippen molar-refractivity contribution in [1.82, 2.24) is 4.90 Å². The Morgan fingerprint density at radius 2 is 1.89 bits per heavy atom. The SMILES string of the molecule is C[S@@](=O)Cc1cccc(C(=O)OCC2CCN(C(=O)OC(C)(C)C)CC2)c1. The van der Waals surface area contributed by atoms with Crippen molar-refractivity contribution in [2.45, 2.75) is 45.0 Å². The molecule has 1 aliphatic rings. The van der Waals surface area contributed by atoms with Gasteiger partial charge in [0.2, 0.25) is 0 Å². The van der Waals surface area contributed by atoms with Gasteiger partial charge in [-0.1, -0.05) is 12.1 Å². The van der Waals surface area contributed by atoms with Crippen LogP contribution in [0.4, 0.5) is 4.79 Å². The zero-order valence-corrected chi connectivity index (χ0v) is 17.3. The molecule has 1 aliphatic heterocycles. The Hall–Kier alpha value is -1.89. The van der Waals surface area contributed by atoms with E-state index in [1.54, 1.807) is 29.4 Å². The molecule has 1 saturated heterocycles. The smallest absolute Gasteiger partial charge is 0.410 e. The van der Waals surface area contributed by atoms with Gasteiger partial charge < -0.3 is 14.4 Å². The van der Waals surface area contributed by atoms with E-state index in [1.807, 2.05) is 26.8 Å². The normalized spacial score (nSPS) is 16.7. The predicted octanol–water partition coefficient (Wildman–Crippen LogP) is 3.37. The molecule has 2 rings (SSSR count). The molecular formula is C20H29NO5S. The third kappa shape index (κ3) is 7.33. The van der Waals surface area contributed by atoms with Gasteiger partial charge in [-0.15, -0.1) is 0 Å². The van der Waals surface area contributed by atoms with E-state index in [2.05, 4.69) is 0 Å². The third-order valence-corrected chi connectivity index (χ3v) is 4.99. The largest absolute Gasteiger partial charge is 0.462 e. The summed E-state index contributed by atoms with van der Waals surface area (Å²) < 4.78 is 22.2. The maximum Gasteiger partial charge on any atom is 0.410 e. The molecule has 150 valence electrons. The fourth-order valence-electron chi connectivity index (χ4n) is 2.91. The maximum atomic E-state index is 12.3. The van der Waals surface area contributed by atoms with Crippen molar-refractivity contribution >= 4 is 22.9 Å². The highest BCUT2D eigenvalue weighted by atomic mass is 32.2. The minimum absolute atomic E-state index is 0.235. The molecule has 0 spiro atoms. The number of carbonyl (C=O) groups is 2. The van der Waals surface area contributed by atoms with Crippen LogP contribution in [-0.2, 0) is 26.0 Å². The van der Waals surface area contributed by atoms with Crippen molar-refractivity contribution in [3.63, 3.8) is 0 Å². The van der Waals surface area contributed by atoms with Gasteiger partial charge in [-0.2, -0.15) is 0 Å². The lowest BCUT2D eigenvalue weighted by Crippen LogP contribution is -2.42. The molecule has 0 bridgehead atoms. The lowest BCUT2D eigenvalue weighted by atomic mass is 9.98. The second-order valence-electron chi connectivity index (χ2n) is 7.93. The van der Waals surface area contributed by atoms with Gasteiger partial charge in [0.05, 0.1) is 12.2 Å². The van der Waals surface area contributed by atoms with Crippen molar-refractivity contribution in [1.29, 1.82) is 0 Å². The number of benzene rings is 1. The molecule has 0 aromatic heterocycles. The Morgan fingerprint density at radius 1 is 1.22 bits per heavy atom. The van der Waals surface area contributed by atoms with Crippen LogP contribution in [0.15, 0.2) is 24.3 Å². The van der Waals surface area contributed by atoms with Crippen molar-refractivity contribution in [3.05, 3.63) is 35.4 Å². The molecular weight excluding hydrogens is 366 g/mol. The fraction of sp³-hybridized carbons (Fsp3) is 0.600. The van der Waals surface area contributed by atoms with Gasteiger partial charge in [0.15, 0.2) is 0 Å². The van der Waals surface area contributed by atoms with E-state index < -0.39 is 16.4 Å². The topological polar surface area (TPSA) is 72.9 Å². The number of carbonyl (C=O) groups excluding carboxylic acids is 2. The molecule has 0 saturated carbocycles. The summed E-state index contributed by atoms with van der Waals surface area (Å²) in [5.41, 5.74) is 0.836. The van der Waals surface area contributed by atoms with E-state index in [1.165, 1.54) is 0 Å². The Morgan fingerprint density at radius 3 is 2.48 bits per heavy atom. The number of esters is 1. The number of piperidine rings is 1. The molecule has 1 aromatic rings. The first-order chi connectivity index (χ1) is 12.6. The third-order valence-electron chi connectivity index (χ3n) is 4.25. The summed E-state index contributed by atoms with van der Waals surface area (Å²) >= 11 is 0. The Labute approximate surface area is 163 Å². The molecule has 7 heteroatoms. The number of amides is 1. The van der Waals surface area contributed by atoms with Crippen molar-refractivity contribution in [3.8, 4) is 0 Å². The minimum atomic E-state index is -0.954. The second kappa shape index (κ2) is 9.35. The van der Waals surface area contributed by atoms with Crippen LogP contribution in [0.1, 0.15) is 49.5 Å². The summed E-state index contributed by atoms with van der Waals surface area (Å²) in [6.45, 7) is 7.10. The van der Waals surface area contributed by atoms with Gasteiger partial charge in [-0.25, -0.2) is 9.59 Å². The van der Waals surface area contributed by atoms with E-state index in [9.17, 15) is 13.8 Å². The quantitative estimate of drug-likeness (QED) is 0.715. The number of rotatable bonds is 5. The lowest BCUT2D eigenvalue weighted by molar-refractivity contribution is 0.0115. The first-order valence-electron chi connectivity index (χ1n) is 9.18. The molecule has 0 N–H and O–H groups in total. The molecule has 1 fully saturated rings. The summed E-state index contributed by atoms with van der Waals surface area (Å²) in [7, 11) is -0.954. The average molecular weight is 396 g/mol. The second-order valence-corrected chi connectivity index (χ2v) is 9.36. The lowest BCUT2D eigenvalue weighted by Gasteiger charge is -2.33. The Kier molecular flexibility index (Phi) is 7.41. The highest BCUT2D eigenvalue weighted by Gasteiger charge is 2.27. The van der Waals surface area contributed by atoms with Gasteiger partial charge in [0, 0.05) is 35.9 Å². The standard InChI is InChI=1S/C20H29NO5S/c1-20(2,3)26-19(23)21-10-8-15(9-11-21)13-25-18(22)17-7-5-6-16(12-17)14-27(4)24/h5-7,12,15H,8-11,13-14H2,1-4H3/t27-/m1/s1. The molecule has 27 heavy (non-hydrogen) atoms. The van der Waals surface area contributed by atoms with Gasteiger partial charge in [0.1, 0.15) is 5.60 Å². The first-order valence-corrected chi connectivity index (χ1v) is 10.9. The zero-order chi connectivity index (χ0) is 20.0. The highest BCUT2D eigenvalue weighted by Crippen LogP contribution is 2.20. The Balaban J connectivity index is 1.79. The predicted molar refractivity (Wildman–Crippen MR) is 105 cm³/mol. The van der Waals surface area contributed by atoms with Crippen LogP contribution in [-0.4, -0.2) is 52.7 Å². The maximum absolute atomic E-state index is 12.3. The van der Waals surface area contributed by atoms with E-state index in [4.69, 9.17) is 9.47 Å². The summed E-state index contributed by atoms with van der Waals surface area (Å²) in [6, 6.07) is 7.06. The van der Waals surface area contributed by atoms with Crippen LogP contribution in [0.2, 0.25) is 0 Å². The van der Waals surface area contributed by atoms with Gasteiger partial charge in [0.25, 0.3) is 0 Å². The average Bonchev–Trinajstić information content (AvgIpc) is 2.58. The molecule has 0 aliphatic carbocycles. The fourth-order valence-corrected chi connectivity index (χ4v) is 3.56. The van der Waals surface area contributed by atoms with E-state index in [-0.39, 0.29) is 18.0 Å². The molecule has 1 amide bonds. The van der Waals surface area contributed by atoms with E-state index in [0.29, 0.717) is 31.0 Å². The molecule has 0 radical (unpaired) electrons. The van der Waals surface area contributed by atoms with E-state index in [0.717, 1.165) is 18.4 Å². The van der Waals surface area contributed by atoms with Crippen molar-refractivity contribution in [2.24, 2.45) is 5.92 Å². The monoisotopic (exact) mass is 395 g/mol. The molecule has 1 heterocycles. The van der Waals surface area contributed by atoms with Gasteiger partial charge in [-0.05, 0) is 57.2 Å². The number of ether oxygens (including phenoxy) is 2. The van der Waals surface area contributed by atoms with Crippen LogP contribution in [0.25, 0.3) is 0 Å². The first kappa shape index (κ1) is 21.4. The molecule has 0 unspecified atom stereocenters. The molecule has 1 aromatic carbocycles. The van der Waals surface area contributed by atoms with Crippen LogP contribution in [0, 0.1) is 5.92 Å². The summed E-state index contributed by atoms with van der Waals surface area (Å²) in [5, 5.41) is 0. The number of nitrogens with zero attached hydrogens (tertiary/aromatic N) is 1. The molecule has 6 nitrogen and oxygen atoms in total. The minimum Gasteiger partial charge on any atom is -0.462 e.